The number of hydrogen-bond acceptors (Lipinski definition) is 8. The van der Waals surface area contributed by atoms with Gasteiger partial charge >= 0.3 is 0 Å². The first kappa shape index (κ1) is 32.1. The number of nitrogens with one attached hydrogen (secondary N) is 3. The summed E-state index contributed by atoms with van der Waals surface area (Å²) in [5, 5.41) is 21.0. The third-order valence-electron chi connectivity index (χ3n) is 7.77. The van der Waals surface area contributed by atoms with Crippen LogP contribution in [0.3, 0.4) is 0 Å². The van der Waals surface area contributed by atoms with Crippen LogP contribution >= 0.6 is 11.6 Å². The van der Waals surface area contributed by atoms with Crippen molar-refractivity contribution >= 4 is 29.1 Å². The summed E-state index contributed by atoms with van der Waals surface area (Å²) in [7, 11) is 1.65. The lowest BCUT2D eigenvalue weighted by atomic mass is 9.97. The van der Waals surface area contributed by atoms with Gasteiger partial charge in [-0.25, -0.2) is 9.37 Å². The van der Waals surface area contributed by atoms with Gasteiger partial charge in [0.15, 0.2) is 0 Å². The Labute approximate surface area is 261 Å². The number of likely N-dealkylation sites (tertiary alicyclic amines) is 1. The number of rotatable bonds is 13. The molecular formula is C32H40ClFN6O4. The van der Waals surface area contributed by atoms with Crippen LogP contribution in [0, 0.1) is 0 Å². The molecule has 3 heterocycles. The third-order valence-corrected chi connectivity index (χ3v) is 8.00. The SMILES string of the molecule is CO[C@@H](C)CNCc1cc(C(=O)Nc2cc(-c3ccc(Cl)cc3C(O)N3CC(F)C3)cc(NC(C)C)n2)c(=O)n(C2CC2)c1. The maximum atomic E-state index is 13.7. The van der Waals surface area contributed by atoms with E-state index in [2.05, 4.69) is 20.9 Å². The van der Waals surface area contributed by atoms with Crippen LogP contribution in [-0.4, -0.2) is 70.5 Å². The average Bonchev–Trinajstić information content (AvgIpc) is 3.80. The summed E-state index contributed by atoms with van der Waals surface area (Å²) in [6, 6.07) is 10.4. The van der Waals surface area contributed by atoms with Crippen LogP contribution in [0.4, 0.5) is 16.0 Å². The van der Waals surface area contributed by atoms with E-state index in [4.69, 9.17) is 16.3 Å². The van der Waals surface area contributed by atoms with Crippen LogP contribution in [-0.2, 0) is 11.3 Å². The van der Waals surface area contributed by atoms with Crippen LogP contribution in [0.5, 0.6) is 0 Å². The minimum atomic E-state index is -1.06. The zero-order valence-electron chi connectivity index (χ0n) is 25.4. The van der Waals surface area contributed by atoms with Crippen molar-refractivity contribution in [1.29, 1.82) is 0 Å². The van der Waals surface area contributed by atoms with E-state index < -0.39 is 18.3 Å². The van der Waals surface area contributed by atoms with Gasteiger partial charge in [0.25, 0.3) is 11.5 Å². The van der Waals surface area contributed by atoms with Crippen molar-refractivity contribution in [2.24, 2.45) is 0 Å². The summed E-state index contributed by atoms with van der Waals surface area (Å²) >= 11 is 6.30. The number of anilines is 2. The van der Waals surface area contributed by atoms with E-state index in [1.807, 2.05) is 33.0 Å². The highest BCUT2D eigenvalue weighted by Crippen LogP contribution is 2.37. The monoisotopic (exact) mass is 626 g/mol. The van der Waals surface area contributed by atoms with Crippen LogP contribution in [0.25, 0.3) is 11.1 Å². The predicted octanol–water partition coefficient (Wildman–Crippen LogP) is 4.74. The van der Waals surface area contributed by atoms with E-state index in [0.29, 0.717) is 40.6 Å². The first-order valence-corrected chi connectivity index (χ1v) is 15.3. The zero-order chi connectivity index (χ0) is 31.5. The molecule has 2 aromatic heterocycles. The number of methoxy groups -OCH3 is 1. The van der Waals surface area contributed by atoms with Gasteiger partial charge in [0.05, 0.1) is 6.10 Å². The van der Waals surface area contributed by atoms with Crippen LogP contribution in [0.2, 0.25) is 5.02 Å². The molecule has 44 heavy (non-hydrogen) atoms. The Morgan fingerprint density at radius 1 is 1.16 bits per heavy atom. The number of nitrogens with zero attached hydrogens (tertiary/aromatic N) is 3. The Kier molecular flexibility index (Phi) is 10.0. The van der Waals surface area contributed by atoms with Crippen molar-refractivity contribution < 1.29 is 19.0 Å². The number of halogens is 2. The summed E-state index contributed by atoms with van der Waals surface area (Å²) in [4.78, 5) is 33.3. The maximum absolute atomic E-state index is 13.7. The maximum Gasteiger partial charge on any atom is 0.263 e. The highest BCUT2D eigenvalue weighted by Gasteiger charge is 2.33. The number of aliphatic hydroxyl groups excluding tert-OH is 1. The van der Waals surface area contributed by atoms with E-state index in [9.17, 15) is 19.1 Å². The van der Waals surface area contributed by atoms with Crippen molar-refractivity contribution in [1.82, 2.24) is 19.8 Å². The lowest BCUT2D eigenvalue weighted by Crippen LogP contribution is -2.50. The molecule has 1 saturated carbocycles. The summed E-state index contributed by atoms with van der Waals surface area (Å²) in [6.45, 7) is 7.24. The molecule has 1 aliphatic carbocycles. The number of alkyl halides is 1. The van der Waals surface area contributed by atoms with Crippen molar-refractivity contribution in [3.63, 3.8) is 0 Å². The number of ether oxygens (including phenoxy) is 1. The van der Waals surface area contributed by atoms with Crippen molar-refractivity contribution in [3.8, 4) is 11.1 Å². The molecule has 1 amide bonds. The third kappa shape index (κ3) is 7.65. The van der Waals surface area contributed by atoms with E-state index in [-0.39, 0.29) is 48.2 Å². The van der Waals surface area contributed by atoms with Gasteiger partial charge in [-0.2, -0.15) is 0 Å². The standard InChI is InChI=1S/C32H40ClFN6O4/c1-18(2)36-28-10-21(25-8-5-22(33)12-26(25)31(42)39-16-23(34)17-39)11-29(37-28)38-30(41)27-9-20(14-35-13-19(3)44-4)15-40(32(27)43)24-6-7-24/h5,8-12,15,18-19,23-24,31,35,42H,6-7,13-14,16-17H2,1-4H3,(H2,36,37,38,41)/t19-,31?/m0/s1. The Balaban J connectivity index is 1.47. The number of aromatic nitrogens is 2. The van der Waals surface area contributed by atoms with Gasteiger partial charge in [-0.15, -0.1) is 0 Å². The summed E-state index contributed by atoms with van der Waals surface area (Å²) in [6.07, 6.45) is 1.59. The Morgan fingerprint density at radius 3 is 2.55 bits per heavy atom. The molecule has 0 radical (unpaired) electrons. The summed E-state index contributed by atoms with van der Waals surface area (Å²) in [5.74, 6) is 0.160. The quantitative estimate of drug-likeness (QED) is 0.215. The Bertz CT molecular complexity index is 1560. The average molecular weight is 627 g/mol. The van der Waals surface area contributed by atoms with Crippen LogP contribution in [0.15, 0.2) is 47.4 Å². The fourth-order valence-electron chi connectivity index (χ4n) is 5.21. The Hall–Kier alpha value is -3.35. The minimum Gasteiger partial charge on any atom is -0.380 e. The summed E-state index contributed by atoms with van der Waals surface area (Å²) in [5.41, 5.74) is 2.32. The number of carbonyl (C=O) groups excluding carboxylic acids is 1. The van der Waals surface area contributed by atoms with Crippen LogP contribution < -0.4 is 21.5 Å². The minimum absolute atomic E-state index is 0.0212. The molecule has 0 bridgehead atoms. The first-order chi connectivity index (χ1) is 21.0. The second kappa shape index (κ2) is 13.7. The molecule has 0 spiro atoms. The number of hydrogen-bond donors (Lipinski definition) is 4. The molecule has 4 N–H and O–H groups in total. The molecule has 1 aliphatic heterocycles. The van der Waals surface area contributed by atoms with Gasteiger partial charge in [0.2, 0.25) is 0 Å². The molecule has 2 atom stereocenters. The van der Waals surface area contributed by atoms with Gasteiger partial charge in [-0.3, -0.25) is 14.5 Å². The number of amides is 1. The number of aliphatic hydroxyl groups is 1. The van der Waals surface area contributed by atoms with Crippen molar-refractivity contribution in [3.05, 3.63) is 74.7 Å². The molecule has 3 aromatic rings. The molecule has 1 unspecified atom stereocenters. The molecule has 10 nitrogen and oxygen atoms in total. The Morgan fingerprint density at radius 2 is 1.89 bits per heavy atom. The van der Waals surface area contributed by atoms with E-state index in [0.717, 1.165) is 18.4 Å². The second-order valence-corrected chi connectivity index (χ2v) is 12.4. The zero-order valence-corrected chi connectivity index (χ0v) is 26.2. The molecule has 1 saturated heterocycles. The first-order valence-electron chi connectivity index (χ1n) is 15.0. The molecule has 2 aliphatic rings. The fraction of sp³-hybridized carbons (Fsp3) is 0.469. The van der Waals surface area contributed by atoms with Gasteiger partial charge in [0, 0.05) is 62.2 Å². The van der Waals surface area contributed by atoms with Crippen molar-refractivity contribution in [2.45, 2.75) is 70.7 Å². The van der Waals surface area contributed by atoms with E-state index >= 15 is 0 Å². The normalized spacial score (nSPS) is 16.9. The molecule has 5 rings (SSSR count). The number of benzene rings is 1. The van der Waals surface area contributed by atoms with E-state index in [1.165, 1.54) is 0 Å². The molecule has 236 valence electrons. The smallest absolute Gasteiger partial charge is 0.263 e. The topological polar surface area (TPSA) is 121 Å². The predicted molar refractivity (Wildman–Crippen MR) is 170 cm³/mol. The van der Waals surface area contributed by atoms with Gasteiger partial charge in [-0.05, 0) is 80.6 Å². The fourth-order valence-corrected chi connectivity index (χ4v) is 5.39. The lowest BCUT2D eigenvalue weighted by Gasteiger charge is -2.38. The molecule has 2 fully saturated rings. The highest BCUT2D eigenvalue weighted by molar-refractivity contribution is 6.30. The summed E-state index contributed by atoms with van der Waals surface area (Å²) < 4.78 is 20.6. The van der Waals surface area contributed by atoms with Gasteiger partial charge in [0.1, 0.15) is 29.6 Å². The lowest BCUT2D eigenvalue weighted by molar-refractivity contribution is -0.0753. The van der Waals surface area contributed by atoms with Crippen LogP contribution in [0.1, 0.15) is 67.4 Å². The molecular weight excluding hydrogens is 587 g/mol. The number of carbonyl (C=O) groups is 1. The molecule has 12 heteroatoms. The van der Waals surface area contributed by atoms with Crippen molar-refractivity contribution in [2.75, 3.05) is 37.4 Å². The number of pyridine rings is 2. The highest BCUT2D eigenvalue weighted by atomic mass is 35.5. The second-order valence-electron chi connectivity index (χ2n) is 11.9. The van der Waals surface area contributed by atoms with Gasteiger partial charge < -0.3 is 30.4 Å². The van der Waals surface area contributed by atoms with E-state index in [1.54, 1.807) is 46.9 Å². The van der Waals surface area contributed by atoms with Gasteiger partial charge in [-0.1, -0.05) is 17.7 Å². The largest absolute Gasteiger partial charge is 0.380 e. The molecule has 1 aromatic carbocycles.